The number of hydrogen-bond donors (Lipinski definition) is 0. The van der Waals surface area contributed by atoms with Crippen LogP contribution in [0, 0.1) is 11.3 Å². The van der Waals surface area contributed by atoms with Crippen molar-refractivity contribution < 1.29 is 27.6 Å². The molecular weight excluding hydrogens is 363 g/mol. The number of nitrogens with zero attached hydrogens (tertiary/aromatic N) is 5. The molecule has 0 aromatic heterocycles. The second-order valence-corrected chi connectivity index (χ2v) is 5.40. The van der Waals surface area contributed by atoms with Crippen molar-refractivity contribution in [1.29, 1.82) is 5.26 Å². The van der Waals surface area contributed by atoms with E-state index in [4.69, 9.17) is 10.8 Å². The zero-order valence-corrected chi connectivity index (χ0v) is 14.4. The van der Waals surface area contributed by atoms with Gasteiger partial charge in [-0.25, -0.2) is 0 Å². The van der Waals surface area contributed by atoms with Crippen LogP contribution < -0.4 is 4.90 Å². The van der Waals surface area contributed by atoms with Gasteiger partial charge in [-0.05, 0) is 24.6 Å². The van der Waals surface area contributed by atoms with Gasteiger partial charge in [-0.15, -0.1) is 6.58 Å². The maximum Gasteiger partial charge on any atom is 0.417 e. The lowest BCUT2D eigenvalue weighted by Crippen LogP contribution is -2.42. The Hall–Kier alpha value is -3.44. The van der Waals surface area contributed by atoms with Crippen LogP contribution in [-0.2, 0) is 15.8 Å². The number of rotatable bonds is 7. The van der Waals surface area contributed by atoms with Gasteiger partial charge in [0.1, 0.15) is 6.54 Å². The van der Waals surface area contributed by atoms with E-state index >= 15 is 0 Å². The number of carbonyl (C=O) groups excluding carboxylic acids is 2. The first-order chi connectivity index (χ1) is 12.6. The van der Waals surface area contributed by atoms with Crippen molar-refractivity contribution in [3.63, 3.8) is 0 Å². The molecule has 0 aliphatic heterocycles. The van der Waals surface area contributed by atoms with Gasteiger partial charge in [-0.2, -0.15) is 23.2 Å². The molecule has 0 N–H and O–H groups in total. The van der Waals surface area contributed by atoms with Gasteiger partial charge in [0.15, 0.2) is 0 Å². The Morgan fingerprint density at radius 1 is 1.41 bits per heavy atom. The minimum Gasteiger partial charge on any atom is -0.361 e. The van der Waals surface area contributed by atoms with Crippen molar-refractivity contribution in [2.24, 2.45) is 0 Å². The van der Waals surface area contributed by atoms with E-state index in [-0.39, 0.29) is 5.69 Å². The van der Waals surface area contributed by atoms with Crippen LogP contribution in [0.3, 0.4) is 0 Å². The smallest absolute Gasteiger partial charge is 0.361 e. The summed E-state index contributed by atoms with van der Waals surface area (Å²) in [4.78, 5) is 28.9. The lowest BCUT2D eigenvalue weighted by molar-refractivity contribution is -0.137. The maximum absolute atomic E-state index is 13.2. The second kappa shape index (κ2) is 9.31. The molecule has 0 radical (unpaired) electrons. The largest absolute Gasteiger partial charge is 0.417 e. The highest BCUT2D eigenvalue weighted by Gasteiger charge is 2.35. The third-order valence-electron chi connectivity index (χ3n) is 3.56. The quantitative estimate of drug-likeness (QED) is 0.314. The third-order valence-corrected chi connectivity index (χ3v) is 3.56. The molecule has 10 heteroatoms. The van der Waals surface area contributed by atoms with E-state index in [0.29, 0.717) is 25.2 Å². The highest BCUT2D eigenvalue weighted by atomic mass is 19.4. The summed E-state index contributed by atoms with van der Waals surface area (Å²) < 4.78 is 39.5. The summed E-state index contributed by atoms with van der Waals surface area (Å²) in [5.74, 6) is -1.55. The molecule has 1 rings (SSSR count). The first kappa shape index (κ1) is 21.6. The number of hydrogen-bond acceptors (Lipinski definition) is 3. The average molecular weight is 379 g/mol. The standard InChI is InChI=1S/C17H16F3N5O2/c1-3-4-7-24(2)16(27)11-25(15(26)10-23-22)13-6-5-12(9-21)14(8-13)17(18,19)20/h3,5-6,8,10H,1,4,7,11H2,2H3. The predicted molar refractivity (Wildman–Crippen MR) is 90.6 cm³/mol. The summed E-state index contributed by atoms with van der Waals surface area (Å²) in [5.41, 5.74) is 6.42. The van der Waals surface area contributed by atoms with Crippen molar-refractivity contribution in [2.75, 3.05) is 25.0 Å². The fourth-order valence-corrected chi connectivity index (χ4v) is 2.11. The second-order valence-electron chi connectivity index (χ2n) is 5.40. The van der Waals surface area contributed by atoms with E-state index < -0.39 is 35.7 Å². The fourth-order valence-electron chi connectivity index (χ4n) is 2.11. The van der Waals surface area contributed by atoms with Gasteiger partial charge < -0.3 is 10.4 Å². The Bertz CT molecular complexity index is 823. The number of alkyl halides is 3. The lowest BCUT2D eigenvalue weighted by Gasteiger charge is -2.24. The summed E-state index contributed by atoms with van der Waals surface area (Å²) in [5, 5.41) is 8.85. The number of anilines is 1. The van der Waals surface area contributed by atoms with Crippen molar-refractivity contribution in [3.8, 4) is 6.07 Å². The molecular formula is C17H16F3N5O2. The molecule has 0 bridgehead atoms. The molecule has 142 valence electrons. The van der Waals surface area contributed by atoms with E-state index in [1.807, 2.05) is 0 Å². The number of nitriles is 1. The molecule has 0 atom stereocenters. The van der Waals surface area contributed by atoms with Gasteiger partial charge in [-0.1, -0.05) is 6.08 Å². The zero-order valence-electron chi connectivity index (χ0n) is 14.4. The summed E-state index contributed by atoms with van der Waals surface area (Å²) in [6.45, 7) is 3.25. The molecule has 0 heterocycles. The molecule has 1 aromatic rings. The fraction of sp³-hybridized carbons (Fsp3) is 0.294. The summed E-state index contributed by atoms with van der Waals surface area (Å²) >= 11 is 0. The van der Waals surface area contributed by atoms with Gasteiger partial charge in [-0.3, -0.25) is 14.5 Å². The van der Waals surface area contributed by atoms with Crippen molar-refractivity contribution in [2.45, 2.75) is 12.6 Å². The number of carbonyl (C=O) groups is 2. The monoisotopic (exact) mass is 379 g/mol. The summed E-state index contributed by atoms with van der Waals surface area (Å²) in [7, 11) is 1.47. The maximum atomic E-state index is 13.2. The van der Waals surface area contributed by atoms with Crippen molar-refractivity contribution in [1.82, 2.24) is 4.90 Å². The molecule has 0 saturated carbocycles. The lowest BCUT2D eigenvalue weighted by atomic mass is 10.1. The van der Waals surface area contributed by atoms with Gasteiger partial charge in [0.25, 0.3) is 0 Å². The Balaban J connectivity index is 3.31. The number of likely N-dealkylation sites (N-methyl/N-ethyl adjacent to an activating group) is 1. The van der Waals surface area contributed by atoms with E-state index in [9.17, 15) is 22.8 Å². The minimum atomic E-state index is -4.83. The molecule has 0 aliphatic carbocycles. The van der Waals surface area contributed by atoms with E-state index in [1.54, 1.807) is 6.08 Å². The highest BCUT2D eigenvalue weighted by molar-refractivity contribution is 6.31. The van der Waals surface area contributed by atoms with Crippen molar-refractivity contribution in [3.05, 3.63) is 47.5 Å². The molecule has 0 fully saturated rings. The Morgan fingerprint density at radius 2 is 2.07 bits per heavy atom. The SMILES string of the molecule is C=CCCN(C)C(=O)CN(C(=O)C=[N+]=[N-])c1ccc(C#N)c(C(F)(F)F)c1. The molecule has 0 aliphatic rings. The van der Waals surface area contributed by atoms with Crippen LogP contribution in [0.25, 0.3) is 5.53 Å². The van der Waals surface area contributed by atoms with Crippen LogP contribution in [0.5, 0.6) is 0 Å². The van der Waals surface area contributed by atoms with E-state index in [0.717, 1.165) is 17.0 Å². The van der Waals surface area contributed by atoms with Crippen LogP contribution in [-0.4, -0.2) is 47.9 Å². The minimum absolute atomic E-state index is 0.267. The van der Waals surface area contributed by atoms with Gasteiger partial charge in [0, 0.05) is 19.3 Å². The molecule has 0 unspecified atom stereocenters. The molecule has 0 saturated heterocycles. The van der Waals surface area contributed by atoms with Crippen LogP contribution in [0.2, 0.25) is 0 Å². The molecule has 7 nitrogen and oxygen atoms in total. The zero-order chi connectivity index (χ0) is 20.6. The summed E-state index contributed by atoms with van der Waals surface area (Å²) in [6, 6.07) is 4.03. The van der Waals surface area contributed by atoms with Crippen molar-refractivity contribution >= 4 is 23.7 Å². The van der Waals surface area contributed by atoms with Gasteiger partial charge in [0.05, 0.1) is 17.2 Å². The summed E-state index contributed by atoms with van der Waals surface area (Å²) in [6.07, 6.45) is -2.29. The molecule has 27 heavy (non-hydrogen) atoms. The Morgan fingerprint density at radius 3 is 2.59 bits per heavy atom. The molecule has 2 amide bonds. The number of halogens is 3. The van der Waals surface area contributed by atoms with Gasteiger partial charge in [0.2, 0.25) is 5.91 Å². The number of amides is 2. The van der Waals surface area contributed by atoms with Crippen LogP contribution >= 0.6 is 0 Å². The average Bonchev–Trinajstić information content (AvgIpc) is 2.62. The van der Waals surface area contributed by atoms with E-state index in [1.165, 1.54) is 18.0 Å². The van der Waals surface area contributed by atoms with Crippen LogP contribution in [0.15, 0.2) is 30.9 Å². The third kappa shape index (κ3) is 5.80. The van der Waals surface area contributed by atoms with E-state index in [2.05, 4.69) is 11.4 Å². The molecule has 1 aromatic carbocycles. The Labute approximate surface area is 153 Å². The number of benzene rings is 1. The topological polar surface area (TPSA) is 101 Å². The predicted octanol–water partition coefficient (Wildman–Crippen LogP) is 2.25. The van der Waals surface area contributed by atoms with Crippen LogP contribution in [0.4, 0.5) is 18.9 Å². The van der Waals surface area contributed by atoms with Gasteiger partial charge >= 0.3 is 18.3 Å². The first-order valence-corrected chi connectivity index (χ1v) is 7.60. The molecule has 0 spiro atoms. The van der Waals surface area contributed by atoms with Crippen LogP contribution in [0.1, 0.15) is 17.5 Å². The Kier molecular flexibility index (Phi) is 7.45. The first-order valence-electron chi connectivity index (χ1n) is 7.60. The normalized spacial score (nSPS) is 10.3. The highest BCUT2D eigenvalue weighted by Crippen LogP contribution is 2.34.